The van der Waals surface area contributed by atoms with E-state index in [9.17, 15) is 14.5 Å². The molecule has 1 atom stereocenters. The van der Waals surface area contributed by atoms with E-state index in [-0.39, 0.29) is 12.5 Å². The van der Waals surface area contributed by atoms with E-state index in [1.54, 1.807) is 0 Å². The van der Waals surface area contributed by atoms with Crippen molar-refractivity contribution in [2.75, 3.05) is 20.1 Å². The number of nitroso groups, excluding NO2 is 1. The molecular formula is C17H23N3O4S. The van der Waals surface area contributed by atoms with Crippen LogP contribution in [-0.2, 0) is 20.9 Å². The summed E-state index contributed by atoms with van der Waals surface area (Å²) >= 11 is 0.829. The van der Waals surface area contributed by atoms with Gasteiger partial charge in [0.2, 0.25) is 5.91 Å². The number of nitrogens with one attached hydrogen (secondary N) is 1. The molecular weight excluding hydrogens is 342 g/mol. The molecule has 1 aliphatic rings. The molecule has 1 unspecified atom stereocenters. The van der Waals surface area contributed by atoms with Gasteiger partial charge in [0, 0.05) is 23.5 Å². The molecule has 1 aromatic rings. The van der Waals surface area contributed by atoms with E-state index < -0.39 is 16.8 Å². The Morgan fingerprint density at radius 3 is 2.52 bits per heavy atom. The second-order valence-electron chi connectivity index (χ2n) is 6.26. The Labute approximate surface area is 151 Å². The minimum Gasteiger partial charge on any atom is -0.459 e. The first kappa shape index (κ1) is 19.4. The monoisotopic (exact) mass is 365 g/mol. The molecule has 1 aliphatic heterocycles. The summed E-state index contributed by atoms with van der Waals surface area (Å²) in [6, 6.07) is 8.40. The van der Waals surface area contributed by atoms with Gasteiger partial charge in [-0.3, -0.25) is 4.79 Å². The number of likely N-dealkylation sites (tertiary alicyclic amines) is 1. The highest BCUT2D eigenvalue weighted by molar-refractivity contribution is 7.99. The summed E-state index contributed by atoms with van der Waals surface area (Å²) < 4.78 is 7.61. The van der Waals surface area contributed by atoms with Crippen molar-refractivity contribution in [1.82, 2.24) is 10.2 Å². The average Bonchev–Trinajstić information content (AvgIpc) is 2.61. The van der Waals surface area contributed by atoms with Gasteiger partial charge < -0.3 is 15.0 Å². The van der Waals surface area contributed by atoms with Gasteiger partial charge in [-0.1, -0.05) is 30.3 Å². The van der Waals surface area contributed by atoms with Gasteiger partial charge in [0.25, 0.3) is 0 Å². The van der Waals surface area contributed by atoms with E-state index in [1.165, 1.54) is 6.92 Å². The van der Waals surface area contributed by atoms with E-state index in [1.807, 2.05) is 37.4 Å². The molecule has 8 heteroatoms. The van der Waals surface area contributed by atoms with Crippen molar-refractivity contribution >= 4 is 23.8 Å². The van der Waals surface area contributed by atoms with E-state index >= 15 is 0 Å². The molecule has 2 rings (SSSR count). The number of nitrogens with zero attached hydrogens (tertiary/aromatic N) is 2. The van der Waals surface area contributed by atoms with E-state index in [2.05, 4.69) is 14.8 Å². The normalized spacial score (nSPS) is 18.2. The molecule has 0 bridgehead atoms. The fourth-order valence-electron chi connectivity index (χ4n) is 2.92. The maximum absolute atomic E-state index is 12.7. The van der Waals surface area contributed by atoms with Gasteiger partial charge in [0.05, 0.1) is 4.75 Å². The molecule has 1 N–H and O–H groups in total. The number of amides is 1. The smallest absolute Gasteiger partial charge is 0.330 e. The third-order valence-electron chi connectivity index (χ3n) is 4.39. The largest absolute Gasteiger partial charge is 0.459 e. The number of piperidine rings is 1. The summed E-state index contributed by atoms with van der Waals surface area (Å²) in [5.41, 5.74) is 0.857. The molecule has 1 saturated heterocycles. The Morgan fingerprint density at radius 1 is 1.32 bits per heavy atom. The summed E-state index contributed by atoms with van der Waals surface area (Å²) in [4.78, 5) is 37.4. The van der Waals surface area contributed by atoms with Crippen LogP contribution in [0.5, 0.6) is 0 Å². The molecule has 0 spiro atoms. The van der Waals surface area contributed by atoms with Crippen LogP contribution in [0.2, 0.25) is 0 Å². The van der Waals surface area contributed by atoms with Crippen LogP contribution < -0.4 is 5.32 Å². The van der Waals surface area contributed by atoms with E-state index in [0.29, 0.717) is 25.9 Å². The summed E-state index contributed by atoms with van der Waals surface area (Å²) in [5, 5.41) is 2.67. The number of hydrogen-bond acceptors (Lipinski definition) is 7. The third-order valence-corrected chi connectivity index (χ3v) is 5.47. The van der Waals surface area contributed by atoms with Crippen LogP contribution in [0.15, 0.2) is 34.9 Å². The van der Waals surface area contributed by atoms with E-state index in [4.69, 9.17) is 4.74 Å². The highest BCUT2D eigenvalue weighted by atomic mass is 32.2. The average molecular weight is 365 g/mol. The Balaban J connectivity index is 2.15. The maximum Gasteiger partial charge on any atom is 0.330 e. The second-order valence-corrected chi connectivity index (χ2v) is 7.41. The van der Waals surface area contributed by atoms with Crippen molar-refractivity contribution in [3.63, 3.8) is 0 Å². The maximum atomic E-state index is 12.7. The zero-order chi connectivity index (χ0) is 18.3. The van der Waals surface area contributed by atoms with Crippen molar-refractivity contribution in [1.29, 1.82) is 0 Å². The molecule has 25 heavy (non-hydrogen) atoms. The van der Waals surface area contributed by atoms with Crippen LogP contribution >= 0.6 is 11.9 Å². The predicted octanol–water partition coefficient (Wildman–Crippen LogP) is 2.11. The SMILES string of the molecule is CC(=O)NC(C(=O)OCc1ccccc1)C1(SN=O)CCN(C)CC1. The molecule has 136 valence electrons. The zero-order valence-corrected chi connectivity index (χ0v) is 15.3. The molecule has 7 nitrogen and oxygen atoms in total. The lowest BCUT2D eigenvalue weighted by Crippen LogP contribution is -2.58. The molecule has 1 aromatic carbocycles. The highest BCUT2D eigenvalue weighted by Gasteiger charge is 2.48. The minimum atomic E-state index is -0.912. The summed E-state index contributed by atoms with van der Waals surface area (Å²) in [7, 11) is 1.98. The van der Waals surface area contributed by atoms with Gasteiger partial charge in [-0.25, -0.2) is 4.79 Å². The molecule has 1 fully saturated rings. The van der Waals surface area contributed by atoms with Gasteiger partial charge in [-0.05, 0) is 38.5 Å². The first-order valence-corrected chi connectivity index (χ1v) is 8.91. The lowest BCUT2D eigenvalue weighted by molar-refractivity contribution is -0.150. The summed E-state index contributed by atoms with van der Waals surface area (Å²) in [6.07, 6.45) is 1.12. The first-order valence-electron chi connectivity index (χ1n) is 8.14. The van der Waals surface area contributed by atoms with Gasteiger partial charge in [0.15, 0.2) is 0 Å². The number of ether oxygens (including phenoxy) is 1. The zero-order valence-electron chi connectivity index (χ0n) is 14.4. The lowest BCUT2D eigenvalue weighted by Gasteiger charge is -2.41. The Bertz CT molecular complexity index is 603. The third kappa shape index (κ3) is 5.27. The van der Waals surface area contributed by atoms with E-state index in [0.717, 1.165) is 17.5 Å². The second kappa shape index (κ2) is 8.96. The Hall–Kier alpha value is -1.93. The standard InChI is InChI=1S/C17H23N3O4S/c1-13(21)18-15(16(22)24-12-14-6-4-3-5-7-14)17(25-19-23)8-10-20(2)11-9-17/h3-7,15H,8-12H2,1-2H3,(H,18,21). The summed E-state index contributed by atoms with van der Waals surface area (Å²) in [5.74, 6) is -0.883. The Kier molecular flexibility index (Phi) is 6.95. The van der Waals surface area contributed by atoms with Crippen LogP contribution in [0.25, 0.3) is 0 Å². The Morgan fingerprint density at radius 2 is 1.96 bits per heavy atom. The fourth-order valence-corrected chi connectivity index (χ4v) is 3.70. The van der Waals surface area contributed by atoms with Crippen molar-refractivity contribution in [2.24, 2.45) is 4.58 Å². The predicted molar refractivity (Wildman–Crippen MR) is 96.7 cm³/mol. The van der Waals surface area contributed by atoms with Gasteiger partial charge in [0.1, 0.15) is 12.6 Å². The van der Waals surface area contributed by atoms with Gasteiger partial charge in [-0.15, -0.1) is 4.91 Å². The van der Waals surface area contributed by atoms with Crippen LogP contribution in [0.1, 0.15) is 25.3 Å². The first-order chi connectivity index (χ1) is 12.0. The fraction of sp³-hybridized carbons (Fsp3) is 0.529. The lowest BCUT2D eigenvalue weighted by atomic mass is 9.88. The van der Waals surface area contributed by atoms with Crippen LogP contribution in [-0.4, -0.2) is 47.7 Å². The quantitative estimate of drug-likeness (QED) is 0.452. The minimum absolute atomic E-state index is 0.116. The molecule has 1 heterocycles. The van der Waals surface area contributed by atoms with Crippen LogP contribution in [0, 0.1) is 4.91 Å². The van der Waals surface area contributed by atoms with Crippen LogP contribution in [0.4, 0.5) is 0 Å². The number of carbonyl (C=O) groups is 2. The topological polar surface area (TPSA) is 88.1 Å². The number of benzene rings is 1. The van der Waals surface area contributed by atoms with Crippen molar-refractivity contribution in [2.45, 2.75) is 37.2 Å². The molecule has 0 aliphatic carbocycles. The molecule has 0 saturated carbocycles. The van der Waals surface area contributed by atoms with Crippen molar-refractivity contribution in [3.8, 4) is 0 Å². The molecule has 0 aromatic heterocycles. The highest BCUT2D eigenvalue weighted by Crippen LogP contribution is 2.40. The number of carbonyl (C=O) groups excluding carboxylic acids is 2. The molecule has 1 amide bonds. The molecule has 0 radical (unpaired) electrons. The van der Waals surface area contributed by atoms with Crippen molar-refractivity contribution < 1.29 is 14.3 Å². The van der Waals surface area contributed by atoms with Crippen molar-refractivity contribution in [3.05, 3.63) is 40.8 Å². The van der Waals surface area contributed by atoms with Gasteiger partial charge >= 0.3 is 5.97 Å². The van der Waals surface area contributed by atoms with Crippen LogP contribution in [0.3, 0.4) is 0 Å². The van der Waals surface area contributed by atoms with Gasteiger partial charge in [-0.2, -0.15) is 0 Å². The summed E-state index contributed by atoms with van der Waals surface area (Å²) in [6.45, 7) is 2.89. The number of rotatable bonds is 7. The number of esters is 1. The number of hydrogen-bond donors (Lipinski definition) is 1.